The first-order chi connectivity index (χ1) is 11.7. The summed E-state index contributed by atoms with van der Waals surface area (Å²) in [5.74, 6) is -0.354. The number of methoxy groups -OCH3 is 1. The molecule has 3 heterocycles. The van der Waals surface area contributed by atoms with E-state index in [-0.39, 0.29) is 5.97 Å². The molecule has 1 aliphatic carbocycles. The lowest BCUT2D eigenvalue weighted by Gasteiger charge is -2.06. The van der Waals surface area contributed by atoms with Gasteiger partial charge in [-0.1, -0.05) is 18.6 Å². The summed E-state index contributed by atoms with van der Waals surface area (Å²) < 4.78 is 6.70. The summed E-state index contributed by atoms with van der Waals surface area (Å²) in [7, 11) is 1.40. The van der Waals surface area contributed by atoms with Crippen LogP contribution in [0.25, 0.3) is 15.9 Å². The zero-order chi connectivity index (χ0) is 16.7. The molecule has 0 fully saturated rings. The fraction of sp³-hybridized carbons (Fsp3) is 0.412. The number of aromatic nitrogens is 4. The Labute approximate surface area is 143 Å². The van der Waals surface area contributed by atoms with Crippen LogP contribution in [0.3, 0.4) is 0 Å². The van der Waals surface area contributed by atoms with Gasteiger partial charge in [0.2, 0.25) is 0 Å². The summed E-state index contributed by atoms with van der Waals surface area (Å²) in [5.41, 5.74) is 4.25. The Morgan fingerprint density at radius 2 is 2.29 bits per heavy atom. The Bertz CT molecular complexity index is 928. The maximum absolute atomic E-state index is 12.3. The van der Waals surface area contributed by atoms with Crippen molar-refractivity contribution in [3.8, 4) is 5.69 Å². The molecule has 0 saturated carbocycles. The molecule has 124 valence electrons. The van der Waals surface area contributed by atoms with Crippen molar-refractivity contribution in [3.63, 3.8) is 0 Å². The predicted octanol–water partition coefficient (Wildman–Crippen LogP) is 3.10. The molecule has 0 atom stereocenters. The molecule has 24 heavy (non-hydrogen) atoms. The van der Waals surface area contributed by atoms with Gasteiger partial charge >= 0.3 is 5.97 Å². The van der Waals surface area contributed by atoms with Gasteiger partial charge < -0.3 is 4.74 Å². The number of hydrogen-bond acceptors (Lipinski definition) is 6. The van der Waals surface area contributed by atoms with Gasteiger partial charge in [-0.15, -0.1) is 16.4 Å². The highest BCUT2D eigenvalue weighted by molar-refractivity contribution is 7.21. The molecule has 0 amide bonds. The molecule has 0 radical (unpaired) electrons. The van der Waals surface area contributed by atoms with E-state index in [4.69, 9.17) is 4.74 Å². The van der Waals surface area contributed by atoms with E-state index < -0.39 is 0 Å². The second kappa shape index (κ2) is 5.98. The first kappa shape index (κ1) is 15.3. The maximum Gasteiger partial charge on any atom is 0.350 e. The number of rotatable bonds is 4. The standard InChI is InChI=1S/C17H18N4O2S/c1-3-5-11-9-21(20-19-11)14-13-12-7-4-6-10(12)8-18-16(13)24-15(14)17(22)23-2/h8-9H,3-7H2,1-2H3. The van der Waals surface area contributed by atoms with Gasteiger partial charge in [0.1, 0.15) is 15.4 Å². The molecule has 3 aromatic heterocycles. The van der Waals surface area contributed by atoms with Crippen molar-refractivity contribution in [3.05, 3.63) is 34.1 Å². The number of pyridine rings is 1. The van der Waals surface area contributed by atoms with Crippen molar-refractivity contribution in [2.24, 2.45) is 0 Å². The molecule has 0 aromatic carbocycles. The van der Waals surface area contributed by atoms with E-state index in [1.807, 2.05) is 12.4 Å². The summed E-state index contributed by atoms with van der Waals surface area (Å²) in [6.07, 6.45) is 8.89. The Balaban J connectivity index is 1.99. The third-order valence-electron chi connectivity index (χ3n) is 4.41. The molecule has 4 rings (SSSR count). The molecule has 0 N–H and O–H groups in total. The van der Waals surface area contributed by atoms with Crippen LogP contribution in [0.1, 0.15) is 46.3 Å². The molecular formula is C17H18N4O2S. The van der Waals surface area contributed by atoms with Crippen LogP contribution in [-0.4, -0.2) is 33.1 Å². The predicted molar refractivity (Wildman–Crippen MR) is 91.9 cm³/mol. The van der Waals surface area contributed by atoms with Gasteiger partial charge in [0.25, 0.3) is 0 Å². The van der Waals surface area contributed by atoms with Gasteiger partial charge in [0.15, 0.2) is 0 Å². The van der Waals surface area contributed by atoms with E-state index in [9.17, 15) is 4.79 Å². The van der Waals surface area contributed by atoms with Crippen molar-refractivity contribution in [1.82, 2.24) is 20.0 Å². The number of fused-ring (bicyclic) bond motifs is 3. The van der Waals surface area contributed by atoms with Gasteiger partial charge in [-0.25, -0.2) is 14.5 Å². The van der Waals surface area contributed by atoms with E-state index in [0.29, 0.717) is 4.88 Å². The van der Waals surface area contributed by atoms with Gasteiger partial charge in [-0.05, 0) is 36.8 Å². The normalized spacial score (nSPS) is 13.4. The molecule has 0 spiro atoms. The average Bonchev–Trinajstić information content (AvgIpc) is 3.30. The fourth-order valence-corrected chi connectivity index (χ4v) is 4.41. The fourth-order valence-electron chi connectivity index (χ4n) is 3.33. The van der Waals surface area contributed by atoms with Gasteiger partial charge in [-0.2, -0.15) is 0 Å². The van der Waals surface area contributed by atoms with Crippen LogP contribution in [-0.2, 0) is 24.0 Å². The molecule has 1 aliphatic rings. The number of hydrogen-bond donors (Lipinski definition) is 0. The lowest BCUT2D eigenvalue weighted by atomic mass is 10.1. The monoisotopic (exact) mass is 342 g/mol. The number of ether oxygens (including phenoxy) is 1. The van der Waals surface area contributed by atoms with Gasteiger partial charge in [0.05, 0.1) is 19.0 Å². The van der Waals surface area contributed by atoms with Crippen LogP contribution in [0.5, 0.6) is 0 Å². The average molecular weight is 342 g/mol. The number of nitrogens with zero attached hydrogens (tertiary/aromatic N) is 4. The second-order valence-electron chi connectivity index (χ2n) is 5.97. The third kappa shape index (κ3) is 2.31. The summed E-state index contributed by atoms with van der Waals surface area (Å²) in [5, 5.41) is 9.53. The van der Waals surface area contributed by atoms with Crippen molar-refractivity contribution in [2.45, 2.75) is 39.0 Å². The minimum absolute atomic E-state index is 0.354. The quantitative estimate of drug-likeness (QED) is 0.681. The first-order valence-electron chi connectivity index (χ1n) is 8.16. The molecule has 3 aromatic rings. The largest absolute Gasteiger partial charge is 0.465 e. The number of esters is 1. The molecule has 6 nitrogen and oxygen atoms in total. The molecule has 0 aliphatic heterocycles. The lowest BCUT2D eigenvalue weighted by Crippen LogP contribution is -2.06. The minimum atomic E-state index is -0.354. The highest BCUT2D eigenvalue weighted by Crippen LogP contribution is 2.39. The molecular weight excluding hydrogens is 324 g/mol. The smallest absolute Gasteiger partial charge is 0.350 e. The van der Waals surface area contributed by atoms with Crippen LogP contribution in [0, 0.1) is 0 Å². The highest BCUT2D eigenvalue weighted by atomic mass is 32.1. The number of carbonyl (C=O) groups excluding carboxylic acids is 1. The number of aryl methyl sites for hydroxylation is 3. The van der Waals surface area contributed by atoms with E-state index in [1.165, 1.54) is 29.6 Å². The minimum Gasteiger partial charge on any atom is -0.465 e. The van der Waals surface area contributed by atoms with Gasteiger partial charge in [-0.3, -0.25) is 0 Å². The zero-order valence-electron chi connectivity index (χ0n) is 13.7. The molecule has 7 heteroatoms. The van der Waals surface area contributed by atoms with Crippen molar-refractivity contribution in [1.29, 1.82) is 0 Å². The van der Waals surface area contributed by atoms with Crippen molar-refractivity contribution >= 4 is 27.5 Å². The van der Waals surface area contributed by atoms with Crippen molar-refractivity contribution < 1.29 is 9.53 Å². The van der Waals surface area contributed by atoms with E-state index in [2.05, 4.69) is 22.2 Å². The summed E-state index contributed by atoms with van der Waals surface area (Å²) in [6, 6.07) is 0. The third-order valence-corrected chi connectivity index (χ3v) is 5.48. The van der Waals surface area contributed by atoms with Crippen LogP contribution in [0.15, 0.2) is 12.4 Å². The Morgan fingerprint density at radius 3 is 3.08 bits per heavy atom. The Hall–Kier alpha value is -2.28. The molecule has 0 bridgehead atoms. The SMILES string of the molecule is CCCc1cn(-c2c(C(=O)OC)sc3ncc4c(c23)CCC4)nn1. The summed E-state index contributed by atoms with van der Waals surface area (Å²) >= 11 is 1.37. The van der Waals surface area contributed by atoms with E-state index in [0.717, 1.165) is 53.7 Å². The lowest BCUT2D eigenvalue weighted by molar-refractivity contribution is 0.0606. The summed E-state index contributed by atoms with van der Waals surface area (Å²) in [6.45, 7) is 2.11. The van der Waals surface area contributed by atoms with Crippen LogP contribution >= 0.6 is 11.3 Å². The van der Waals surface area contributed by atoms with Crippen LogP contribution < -0.4 is 0 Å². The van der Waals surface area contributed by atoms with E-state index in [1.54, 1.807) is 4.68 Å². The Morgan fingerprint density at radius 1 is 1.42 bits per heavy atom. The summed E-state index contributed by atoms with van der Waals surface area (Å²) in [4.78, 5) is 18.3. The maximum atomic E-state index is 12.3. The molecule has 0 saturated heterocycles. The van der Waals surface area contributed by atoms with Crippen LogP contribution in [0.4, 0.5) is 0 Å². The van der Waals surface area contributed by atoms with Crippen LogP contribution in [0.2, 0.25) is 0 Å². The topological polar surface area (TPSA) is 69.9 Å². The second-order valence-corrected chi connectivity index (χ2v) is 6.97. The number of thiophene rings is 1. The number of carbonyl (C=O) groups is 1. The Kier molecular flexibility index (Phi) is 3.80. The zero-order valence-corrected chi connectivity index (χ0v) is 14.5. The first-order valence-corrected chi connectivity index (χ1v) is 8.97. The van der Waals surface area contributed by atoms with E-state index >= 15 is 0 Å². The van der Waals surface area contributed by atoms with Crippen molar-refractivity contribution in [2.75, 3.05) is 7.11 Å². The highest BCUT2D eigenvalue weighted by Gasteiger charge is 2.27. The van der Waals surface area contributed by atoms with Gasteiger partial charge in [0, 0.05) is 11.6 Å². The molecule has 0 unspecified atom stereocenters.